The quantitative estimate of drug-likeness (QED) is 0.530. The third-order valence-electron chi connectivity index (χ3n) is 1.55. The predicted octanol–water partition coefficient (Wildman–Crippen LogP) is 1.04. The smallest absolute Gasteiger partial charge is 0.206 e. The van der Waals surface area contributed by atoms with Gasteiger partial charge in [-0.1, -0.05) is 0 Å². The summed E-state index contributed by atoms with van der Waals surface area (Å²) in [4.78, 5) is 12.7. The van der Waals surface area contributed by atoms with Crippen molar-refractivity contribution in [3.8, 4) is 0 Å². The van der Waals surface area contributed by atoms with Gasteiger partial charge in [0.15, 0.2) is 0 Å². The highest BCUT2D eigenvalue weighted by atomic mass is 127. The molecule has 1 saturated heterocycles. The van der Waals surface area contributed by atoms with Gasteiger partial charge in [-0.05, 0) is 25.9 Å². The summed E-state index contributed by atoms with van der Waals surface area (Å²) in [6.07, 6.45) is 2.54. The Morgan fingerprint density at radius 1 is 1.44 bits per heavy atom. The molecule has 0 unspecified atom stereocenters. The number of carbonyl (C=O) groups is 1. The second-order valence-corrected chi connectivity index (χ2v) is 3.54. The van der Waals surface area contributed by atoms with Crippen molar-refractivity contribution >= 4 is 26.4 Å². The molecule has 52 valence electrons. The molecular weight excluding hydrogens is 229 g/mol. The maximum absolute atomic E-state index is 10.5. The average molecular weight is 239 g/mol. The van der Waals surface area contributed by atoms with Crippen molar-refractivity contribution in [3.63, 3.8) is 0 Å². The maximum atomic E-state index is 10.5. The molecule has 0 aromatic rings. The Kier molecular flexibility index (Phi) is 2.91. The minimum atomic E-state index is 0.259. The van der Waals surface area contributed by atoms with Crippen LogP contribution in [0.25, 0.3) is 0 Å². The molecule has 0 N–H and O–H groups in total. The second-order valence-electron chi connectivity index (χ2n) is 2.34. The minimum absolute atomic E-state index is 0.259. The fourth-order valence-electron chi connectivity index (χ4n) is 1.12. The van der Waals surface area contributed by atoms with Gasteiger partial charge < -0.3 is 0 Å². The highest BCUT2D eigenvalue weighted by Gasteiger charge is 2.12. The van der Waals surface area contributed by atoms with E-state index >= 15 is 0 Å². The molecule has 0 amide bonds. The fourth-order valence-corrected chi connectivity index (χ4v) is 1.60. The first-order valence-electron chi connectivity index (χ1n) is 3.20. The van der Waals surface area contributed by atoms with Crippen LogP contribution in [0.3, 0.4) is 0 Å². The van der Waals surface area contributed by atoms with E-state index in [9.17, 15) is 4.79 Å². The minimum Gasteiger partial charge on any atom is -0.295 e. The molecule has 1 aliphatic rings. The number of hydrogen-bond acceptors (Lipinski definition) is 2. The van der Waals surface area contributed by atoms with Crippen molar-refractivity contribution in [1.82, 2.24) is 4.90 Å². The highest BCUT2D eigenvalue weighted by molar-refractivity contribution is 14.1. The lowest BCUT2D eigenvalue weighted by Gasteiger charge is -2.09. The molecule has 0 aromatic heterocycles. The molecule has 0 aliphatic carbocycles. The van der Waals surface area contributed by atoms with E-state index in [-0.39, 0.29) is 3.79 Å². The molecule has 3 heteroatoms. The van der Waals surface area contributed by atoms with E-state index in [2.05, 4.69) is 4.90 Å². The molecule has 0 saturated carbocycles. The normalized spacial score (nSPS) is 20.6. The van der Waals surface area contributed by atoms with Gasteiger partial charge in [0.2, 0.25) is 3.79 Å². The number of hydrogen-bond donors (Lipinski definition) is 0. The maximum Gasteiger partial charge on any atom is 0.206 e. The molecule has 0 radical (unpaired) electrons. The summed E-state index contributed by atoms with van der Waals surface area (Å²) < 4.78 is 0.259. The number of carbonyl (C=O) groups excluding carboxylic acids is 1. The summed E-state index contributed by atoms with van der Waals surface area (Å²) >= 11 is 1.85. The molecule has 2 nitrogen and oxygen atoms in total. The molecule has 9 heavy (non-hydrogen) atoms. The Morgan fingerprint density at radius 3 is 2.44 bits per heavy atom. The van der Waals surface area contributed by atoms with Crippen LogP contribution in [0.5, 0.6) is 0 Å². The van der Waals surface area contributed by atoms with E-state index in [0.29, 0.717) is 6.54 Å². The standard InChI is InChI=1S/C6H10INO/c7-6(9)5-8-3-1-2-4-8/h1-5H2. The predicted molar refractivity (Wildman–Crippen MR) is 44.7 cm³/mol. The Hall–Kier alpha value is 0.360. The summed E-state index contributed by atoms with van der Waals surface area (Å²) in [5, 5.41) is 0. The van der Waals surface area contributed by atoms with Gasteiger partial charge in [0.25, 0.3) is 0 Å². The van der Waals surface area contributed by atoms with Gasteiger partial charge in [-0.2, -0.15) is 0 Å². The lowest BCUT2D eigenvalue weighted by atomic mass is 10.4. The zero-order valence-corrected chi connectivity index (χ0v) is 7.43. The number of nitrogens with zero attached hydrogens (tertiary/aromatic N) is 1. The first-order valence-corrected chi connectivity index (χ1v) is 4.27. The van der Waals surface area contributed by atoms with Gasteiger partial charge >= 0.3 is 0 Å². The van der Waals surface area contributed by atoms with Gasteiger partial charge in [-0.3, -0.25) is 9.69 Å². The summed E-state index contributed by atoms with van der Waals surface area (Å²) in [6.45, 7) is 2.89. The number of halogens is 1. The Balaban J connectivity index is 2.19. The Bertz CT molecular complexity index is 110. The van der Waals surface area contributed by atoms with Crippen LogP contribution in [-0.2, 0) is 4.79 Å². The molecule has 0 spiro atoms. The molecular formula is C6H10INO. The summed E-state index contributed by atoms with van der Waals surface area (Å²) in [5.41, 5.74) is 0. The molecule has 1 heterocycles. The van der Waals surface area contributed by atoms with Gasteiger partial charge in [0, 0.05) is 22.6 Å². The summed E-state index contributed by atoms with van der Waals surface area (Å²) in [6, 6.07) is 0. The van der Waals surface area contributed by atoms with Crippen LogP contribution < -0.4 is 0 Å². The van der Waals surface area contributed by atoms with Crippen molar-refractivity contribution in [2.75, 3.05) is 19.6 Å². The number of likely N-dealkylation sites (tertiary alicyclic amines) is 1. The zero-order chi connectivity index (χ0) is 6.69. The first-order chi connectivity index (χ1) is 4.29. The van der Waals surface area contributed by atoms with E-state index in [1.165, 1.54) is 12.8 Å². The van der Waals surface area contributed by atoms with Crippen LogP contribution in [0.15, 0.2) is 0 Å². The highest BCUT2D eigenvalue weighted by Crippen LogP contribution is 2.07. The Labute approximate surface area is 68.7 Å². The lowest BCUT2D eigenvalue weighted by molar-refractivity contribution is -0.110. The van der Waals surface area contributed by atoms with Crippen LogP contribution in [0.4, 0.5) is 0 Å². The van der Waals surface area contributed by atoms with Gasteiger partial charge in [-0.25, -0.2) is 0 Å². The van der Waals surface area contributed by atoms with Crippen molar-refractivity contribution in [2.45, 2.75) is 12.8 Å². The molecule has 0 atom stereocenters. The lowest BCUT2D eigenvalue weighted by Crippen LogP contribution is -2.23. The van der Waals surface area contributed by atoms with Crippen molar-refractivity contribution in [1.29, 1.82) is 0 Å². The monoisotopic (exact) mass is 239 g/mol. The van der Waals surface area contributed by atoms with Crippen molar-refractivity contribution in [3.05, 3.63) is 0 Å². The van der Waals surface area contributed by atoms with Crippen LogP contribution in [0.2, 0.25) is 0 Å². The van der Waals surface area contributed by atoms with Crippen LogP contribution in [-0.4, -0.2) is 28.3 Å². The zero-order valence-electron chi connectivity index (χ0n) is 5.27. The van der Waals surface area contributed by atoms with Crippen molar-refractivity contribution in [2.24, 2.45) is 0 Å². The molecule has 1 rings (SSSR count). The third kappa shape index (κ3) is 2.62. The average Bonchev–Trinajstić information content (AvgIpc) is 2.15. The molecule has 0 bridgehead atoms. The Morgan fingerprint density at radius 2 is 2.00 bits per heavy atom. The second kappa shape index (κ2) is 3.51. The molecule has 1 aliphatic heterocycles. The summed E-state index contributed by atoms with van der Waals surface area (Å²) in [7, 11) is 0. The van der Waals surface area contributed by atoms with Crippen LogP contribution in [0.1, 0.15) is 12.8 Å². The topological polar surface area (TPSA) is 20.3 Å². The summed E-state index contributed by atoms with van der Waals surface area (Å²) in [5.74, 6) is 0. The van der Waals surface area contributed by atoms with Gasteiger partial charge in [0.05, 0.1) is 6.54 Å². The van der Waals surface area contributed by atoms with E-state index in [1.54, 1.807) is 0 Å². The van der Waals surface area contributed by atoms with E-state index in [0.717, 1.165) is 13.1 Å². The number of rotatable bonds is 2. The SMILES string of the molecule is O=C(I)CN1CCCC1. The molecule has 0 aromatic carbocycles. The van der Waals surface area contributed by atoms with E-state index in [4.69, 9.17) is 0 Å². The van der Waals surface area contributed by atoms with Crippen LogP contribution >= 0.6 is 22.6 Å². The largest absolute Gasteiger partial charge is 0.295 e. The van der Waals surface area contributed by atoms with Gasteiger partial charge in [0.1, 0.15) is 0 Å². The van der Waals surface area contributed by atoms with Crippen LogP contribution in [0, 0.1) is 0 Å². The van der Waals surface area contributed by atoms with Crippen molar-refractivity contribution < 1.29 is 4.79 Å². The third-order valence-corrected chi connectivity index (χ3v) is 1.89. The first kappa shape index (κ1) is 7.47. The van der Waals surface area contributed by atoms with E-state index < -0.39 is 0 Å². The van der Waals surface area contributed by atoms with E-state index in [1.807, 2.05) is 22.6 Å². The fraction of sp³-hybridized carbons (Fsp3) is 0.833. The van der Waals surface area contributed by atoms with Gasteiger partial charge in [-0.15, -0.1) is 0 Å². The molecule has 1 fully saturated rings.